The molecule has 1 amide bonds. The van der Waals surface area contributed by atoms with Crippen LogP contribution in [-0.4, -0.2) is 13.0 Å². The van der Waals surface area contributed by atoms with Crippen LogP contribution in [0.3, 0.4) is 0 Å². The highest BCUT2D eigenvalue weighted by Gasteiger charge is 2.15. The molecule has 0 radical (unpaired) electrons. The lowest BCUT2D eigenvalue weighted by Gasteiger charge is -2.21. The number of benzene rings is 1. The predicted molar refractivity (Wildman–Crippen MR) is 82.2 cm³/mol. The Morgan fingerprint density at radius 2 is 2.05 bits per heavy atom. The molecule has 0 atom stereocenters. The minimum absolute atomic E-state index is 0.0951. The first kappa shape index (κ1) is 14.9. The molecule has 0 bridgehead atoms. The van der Waals surface area contributed by atoms with Crippen LogP contribution in [0.2, 0.25) is 0 Å². The second kappa shape index (κ2) is 7.32. The van der Waals surface area contributed by atoms with Crippen molar-refractivity contribution in [2.45, 2.75) is 51.9 Å². The van der Waals surface area contributed by atoms with Gasteiger partial charge in [-0.3, -0.25) is 4.79 Å². The van der Waals surface area contributed by atoms with Gasteiger partial charge in [-0.2, -0.15) is 0 Å². The molecule has 0 saturated heterocycles. The molecule has 1 aliphatic carbocycles. The van der Waals surface area contributed by atoms with Crippen LogP contribution in [0.1, 0.15) is 50.5 Å². The normalized spacial score (nSPS) is 15.9. The first-order valence-electron chi connectivity index (χ1n) is 7.63. The Hall–Kier alpha value is -1.51. The standard InChI is InChI=1S/C17H25NO2/c1-13-8-10-15(16(12-13)20-2)18-17(19)11-9-14-6-4-3-5-7-14/h8,10,12,14H,3-7,9,11H2,1-2H3,(H,18,19). The van der Waals surface area contributed by atoms with Gasteiger partial charge in [0.2, 0.25) is 5.91 Å². The Morgan fingerprint density at radius 1 is 1.30 bits per heavy atom. The number of rotatable bonds is 5. The van der Waals surface area contributed by atoms with Crippen LogP contribution in [0.15, 0.2) is 18.2 Å². The summed E-state index contributed by atoms with van der Waals surface area (Å²) >= 11 is 0. The van der Waals surface area contributed by atoms with Crippen molar-refractivity contribution >= 4 is 11.6 Å². The van der Waals surface area contributed by atoms with Gasteiger partial charge < -0.3 is 10.1 Å². The highest BCUT2D eigenvalue weighted by atomic mass is 16.5. The highest BCUT2D eigenvalue weighted by molar-refractivity contribution is 5.92. The molecule has 110 valence electrons. The number of methoxy groups -OCH3 is 1. The Balaban J connectivity index is 1.84. The van der Waals surface area contributed by atoms with Gasteiger partial charge in [0.15, 0.2) is 0 Å². The van der Waals surface area contributed by atoms with Crippen LogP contribution in [0.5, 0.6) is 5.75 Å². The van der Waals surface area contributed by atoms with Gasteiger partial charge in [-0.05, 0) is 37.0 Å². The van der Waals surface area contributed by atoms with E-state index in [1.807, 2.05) is 25.1 Å². The lowest BCUT2D eigenvalue weighted by atomic mass is 9.86. The van der Waals surface area contributed by atoms with Crippen LogP contribution < -0.4 is 10.1 Å². The fraction of sp³-hybridized carbons (Fsp3) is 0.588. The molecule has 3 heteroatoms. The molecule has 0 aromatic heterocycles. The summed E-state index contributed by atoms with van der Waals surface area (Å²) < 4.78 is 5.31. The molecule has 0 spiro atoms. The molecule has 20 heavy (non-hydrogen) atoms. The summed E-state index contributed by atoms with van der Waals surface area (Å²) in [6, 6.07) is 5.84. The Labute approximate surface area is 121 Å². The van der Waals surface area contributed by atoms with E-state index in [0.29, 0.717) is 6.42 Å². The monoisotopic (exact) mass is 275 g/mol. The number of hydrogen-bond donors (Lipinski definition) is 1. The van der Waals surface area contributed by atoms with Gasteiger partial charge >= 0.3 is 0 Å². The summed E-state index contributed by atoms with van der Waals surface area (Å²) in [5.41, 5.74) is 1.90. The molecule has 2 rings (SSSR count). The molecule has 1 N–H and O–H groups in total. The zero-order valence-corrected chi connectivity index (χ0v) is 12.6. The molecule has 1 aromatic rings. The molecule has 1 fully saturated rings. The minimum Gasteiger partial charge on any atom is -0.495 e. The van der Waals surface area contributed by atoms with E-state index in [1.165, 1.54) is 32.1 Å². The van der Waals surface area contributed by atoms with Crippen molar-refractivity contribution < 1.29 is 9.53 Å². The van der Waals surface area contributed by atoms with Gasteiger partial charge in [-0.25, -0.2) is 0 Å². The van der Waals surface area contributed by atoms with Gasteiger partial charge in [0, 0.05) is 6.42 Å². The number of ether oxygens (including phenoxy) is 1. The maximum absolute atomic E-state index is 12.0. The number of carbonyl (C=O) groups is 1. The van der Waals surface area contributed by atoms with Crippen LogP contribution in [0, 0.1) is 12.8 Å². The predicted octanol–water partition coefficient (Wildman–Crippen LogP) is 4.30. The lowest BCUT2D eigenvalue weighted by Crippen LogP contribution is -2.15. The first-order valence-corrected chi connectivity index (χ1v) is 7.63. The van der Waals surface area contributed by atoms with Crippen LogP contribution >= 0.6 is 0 Å². The molecule has 0 aliphatic heterocycles. The summed E-state index contributed by atoms with van der Waals surface area (Å²) in [5.74, 6) is 1.57. The van der Waals surface area contributed by atoms with E-state index in [0.717, 1.165) is 29.3 Å². The topological polar surface area (TPSA) is 38.3 Å². The number of nitrogens with one attached hydrogen (secondary N) is 1. The second-order valence-corrected chi connectivity index (χ2v) is 5.79. The molecule has 0 unspecified atom stereocenters. The van der Waals surface area contributed by atoms with Crippen LogP contribution in [0.4, 0.5) is 5.69 Å². The van der Waals surface area contributed by atoms with E-state index in [9.17, 15) is 4.79 Å². The van der Waals surface area contributed by atoms with Gasteiger partial charge in [0.1, 0.15) is 5.75 Å². The van der Waals surface area contributed by atoms with E-state index in [2.05, 4.69) is 5.32 Å². The van der Waals surface area contributed by atoms with Gasteiger partial charge in [0.25, 0.3) is 0 Å². The molecule has 1 aliphatic rings. The number of aryl methyl sites for hydroxylation is 1. The Kier molecular flexibility index (Phi) is 5.45. The smallest absolute Gasteiger partial charge is 0.224 e. The molecule has 1 aromatic carbocycles. The lowest BCUT2D eigenvalue weighted by molar-refractivity contribution is -0.116. The number of amides is 1. The molecule has 1 saturated carbocycles. The largest absolute Gasteiger partial charge is 0.495 e. The Morgan fingerprint density at radius 3 is 2.75 bits per heavy atom. The summed E-state index contributed by atoms with van der Waals surface area (Å²) in [5, 5.41) is 2.96. The molecular formula is C17H25NO2. The van der Waals surface area contributed by atoms with E-state index in [-0.39, 0.29) is 5.91 Å². The number of anilines is 1. The van der Waals surface area contributed by atoms with Crippen molar-refractivity contribution in [1.29, 1.82) is 0 Å². The van der Waals surface area contributed by atoms with Gasteiger partial charge in [-0.15, -0.1) is 0 Å². The van der Waals surface area contributed by atoms with E-state index < -0.39 is 0 Å². The van der Waals surface area contributed by atoms with E-state index in [1.54, 1.807) is 7.11 Å². The summed E-state index contributed by atoms with van der Waals surface area (Å²) in [6.07, 6.45) is 8.24. The van der Waals surface area contributed by atoms with Crippen molar-refractivity contribution in [3.63, 3.8) is 0 Å². The molecule has 3 nitrogen and oxygen atoms in total. The average Bonchev–Trinajstić information content (AvgIpc) is 2.48. The van der Waals surface area contributed by atoms with Crippen molar-refractivity contribution in [2.75, 3.05) is 12.4 Å². The minimum atomic E-state index is 0.0951. The fourth-order valence-electron chi connectivity index (χ4n) is 2.93. The summed E-state index contributed by atoms with van der Waals surface area (Å²) in [7, 11) is 1.63. The third-order valence-electron chi connectivity index (χ3n) is 4.14. The SMILES string of the molecule is COc1cc(C)ccc1NC(=O)CCC1CCCCC1. The third-order valence-corrected chi connectivity index (χ3v) is 4.14. The Bertz CT molecular complexity index is 450. The zero-order valence-electron chi connectivity index (χ0n) is 12.6. The van der Waals surface area contributed by atoms with E-state index >= 15 is 0 Å². The van der Waals surface area contributed by atoms with Crippen LogP contribution in [-0.2, 0) is 4.79 Å². The van der Waals surface area contributed by atoms with Crippen LogP contribution in [0.25, 0.3) is 0 Å². The van der Waals surface area contributed by atoms with Gasteiger partial charge in [-0.1, -0.05) is 38.2 Å². The van der Waals surface area contributed by atoms with Crippen molar-refractivity contribution in [3.8, 4) is 5.75 Å². The zero-order chi connectivity index (χ0) is 14.4. The van der Waals surface area contributed by atoms with Crippen molar-refractivity contribution in [3.05, 3.63) is 23.8 Å². The summed E-state index contributed by atoms with van der Waals surface area (Å²) in [6.45, 7) is 2.01. The van der Waals surface area contributed by atoms with E-state index in [4.69, 9.17) is 4.74 Å². The first-order chi connectivity index (χ1) is 9.69. The molecular weight excluding hydrogens is 250 g/mol. The number of carbonyl (C=O) groups excluding carboxylic acids is 1. The maximum atomic E-state index is 12.0. The average molecular weight is 275 g/mol. The highest BCUT2D eigenvalue weighted by Crippen LogP contribution is 2.28. The van der Waals surface area contributed by atoms with Crippen molar-refractivity contribution in [1.82, 2.24) is 0 Å². The molecule has 0 heterocycles. The fourth-order valence-corrected chi connectivity index (χ4v) is 2.93. The van der Waals surface area contributed by atoms with Crippen molar-refractivity contribution in [2.24, 2.45) is 5.92 Å². The third kappa shape index (κ3) is 4.26. The quantitative estimate of drug-likeness (QED) is 0.870. The second-order valence-electron chi connectivity index (χ2n) is 5.79. The number of hydrogen-bond acceptors (Lipinski definition) is 2. The maximum Gasteiger partial charge on any atom is 0.224 e. The van der Waals surface area contributed by atoms with Gasteiger partial charge in [0.05, 0.1) is 12.8 Å². The summed E-state index contributed by atoms with van der Waals surface area (Å²) in [4.78, 5) is 12.0.